The minimum atomic E-state index is -2.48. The summed E-state index contributed by atoms with van der Waals surface area (Å²) < 4.78 is 24.3. The van der Waals surface area contributed by atoms with Crippen molar-refractivity contribution in [2.75, 3.05) is 33.5 Å². The van der Waals surface area contributed by atoms with Crippen LogP contribution < -0.4 is 0 Å². The van der Waals surface area contributed by atoms with E-state index in [9.17, 15) is 0 Å². The van der Waals surface area contributed by atoms with E-state index in [1.165, 1.54) is 0 Å². The molecule has 1 atom stereocenters. The van der Waals surface area contributed by atoms with Crippen LogP contribution in [0.4, 0.5) is 0 Å². The molecular formula is C15H32O4Si. The lowest BCUT2D eigenvalue weighted by Crippen LogP contribution is -2.75. The van der Waals surface area contributed by atoms with E-state index in [1.54, 1.807) is 0 Å². The van der Waals surface area contributed by atoms with Crippen molar-refractivity contribution in [3.05, 3.63) is 0 Å². The third-order valence-electron chi connectivity index (χ3n) is 4.97. The van der Waals surface area contributed by atoms with Gasteiger partial charge in [-0.15, -0.1) is 0 Å². The standard InChI is InChI=1S/C15H32O4Si/c1-7-14(12-17-13-14)15(8-2,16-6)20(11-5,18-9-3)19-10-4/h7-13H2,1-6H3. The van der Waals surface area contributed by atoms with Crippen molar-refractivity contribution in [1.82, 2.24) is 0 Å². The Morgan fingerprint density at radius 3 is 1.80 bits per heavy atom. The lowest BCUT2D eigenvalue weighted by molar-refractivity contribution is -0.217. The molecule has 0 aromatic heterocycles. The minimum absolute atomic E-state index is 0.0308. The molecule has 5 heteroatoms. The third-order valence-corrected chi connectivity index (χ3v) is 9.73. The van der Waals surface area contributed by atoms with Crippen LogP contribution in [0.1, 0.15) is 47.5 Å². The average molecular weight is 305 g/mol. The number of ether oxygens (including phenoxy) is 2. The van der Waals surface area contributed by atoms with Crippen LogP contribution in [0.5, 0.6) is 0 Å². The predicted octanol–water partition coefficient (Wildman–Crippen LogP) is 3.28. The van der Waals surface area contributed by atoms with Gasteiger partial charge in [-0.2, -0.15) is 0 Å². The zero-order valence-electron chi connectivity index (χ0n) is 14.1. The molecule has 1 aliphatic rings. The fourth-order valence-electron chi connectivity index (χ4n) is 3.87. The van der Waals surface area contributed by atoms with Crippen molar-refractivity contribution in [3.63, 3.8) is 0 Å². The van der Waals surface area contributed by atoms with Gasteiger partial charge in [0, 0.05) is 25.7 Å². The van der Waals surface area contributed by atoms with Gasteiger partial charge < -0.3 is 18.3 Å². The monoisotopic (exact) mass is 304 g/mol. The molecule has 0 bridgehead atoms. The molecule has 0 amide bonds. The largest absolute Gasteiger partial charge is 0.393 e. The SMILES string of the molecule is CCO[Si](CC)(OCC)C(CC)(OC)C1(CC)COC1. The number of hydrogen-bond acceptors (Lipinski definition) is 4. The Morgan fingerprint density at radius 1 is 1.05 bits per heavy atom. The molecule has 1 heterocycles. The molecule has 0 aliphatic carbocycles. The van der Waals surface area contributed by atoms with Crippen LogP contribution in [0.15, 0.2) is 0 Å². The van der Waals surface area contributed by atoms with E-state index in [1.807, 2.05) is 21.0 Å². The van der Waals surface area contributed by atoms with Crippen LogP contribution in [0.25, 0.3) is 0 Å². The van der Waals surface area contributed by atoms with Gasteiger partial charge in [-0.05, 0) is 32.7 Å². The van der Waals surface area contributed by atoms with E-state index < -0.39 is 8.56 Å². The van der Waals surface area contributed by atoms with E-state index in [-0.39, 0.29) is 10.6 Å². The summed E-state index contributed by atoms with van der Waals surface area (Å²) >= 11 is 0. The quantitative estimate of drug-likeness (QED) is 0.580. The molecule has 1 aliphatic heterocycles. The summed E-state index contributed by atoms with van der Waals surface area (Å²) in [5, 5.41) is -0.340. The average Bonchev–Trinajstić information content (AvgIpc) is 2.42. The first-order chi connectivity index (χ1) is 9.57. The minimum Gasteiger partial charge on any atom is -0.393 e. The molecule has 1 saturated heterocycles. The second-order valence-corrected chi connectivity index (χ2v) is 9.08. The Morgan fingerprint density at radius 2 is 1.60 bits per heavy atom. The van der Waals surface area contributed by atoms with Crippen LogP contribution >= 0.6 is 0 Å². The van der Waals surface area contributed by atoms with Gasteiger partial charge in [0.25, 0.3) is 0 Å². The van der Waals surface area contributed by atoms with Gasteiger partial charge in [-0.1, -0.05) is 20.8 Å². The van der Waals surface area contributed by atoms with E-state index in [2.05, 4.69) is 20.8 Å². The van der Waals surface area contributed by atoms with Gasteiger partial charge in [-0.3, -0.25) is 0 Å². The number of hydrogen-bond donors (Lipinski definition) is 0. The molecule has 4 nitrogen and oxygen atoms in total. The van der Waals surface area contributed by atoms with Crippen molar-refractivity contribution < 1.29 is 18.3 Å². The summed E-state index contributed by atoms with van der Waals surface area (Å²) in [6.07, 6.45) is 1.93. The van der Waals surface area contributed by atoms with Gasteiger partial charge in [0.15, 0.2) is 0 Å². The molecule has 0 N–H and O–H groups in total. The van der Waals surface area contributed by atoms with Crippen molar-refractivity contribution in [2.45, 2.75) is 58.7 Å². The Kier molecular flexibility index (Phi) is 6.66. The summed E-state index contributed by atoms with van der Waals surface area (Å²) in [7, 11) is -0.663. The molecule has 0 radical (unpaired) electrons. The van der Waals surface area contributed by atoms with E-state index >= 15 is 0 Å². The van der Waals surface area contributed by atoms with Gasteiger partial charge in [0.2, 0.25) is 0 Å². The molecule has 120 valence electrons. The predicted molar refractivity (Wildman–Crippen MR) is 83.1 cm³/mol. The molecule has 0 spiro atoms. The first-order valence-corrected chi connectivity index (χ1v) is 10.0. The molecule has 0 aromatic carbocycles. The Hall–Kier alpha value is 0.0569. The molecular weight excluding hydrogens is 272 g/mol. The Balaban J connectivity index is 3.31. The summed E-state index contributed by atoms with van der Waals surface area (Å²) in [5.74, 6) is 0. The highest BCUT2D eigenvalue weighted by Gasteiger charge is 2.68. The zero-order valence-corrected chi connectivity index (χ0v) is 15.1. The Bertz CT molecular complexity index is 276. The highest BCUT2D eigenvalue weighted by atomic mass is 28.4. The highest BCUT2D eigenvalue weighted by Crippen LogP contribution is 2.52. The normalized spacial score (nSPS) is 21.3. The zero-order chi connectivity index (χ0) is 15.3. The van der Waals surface area contributed by atoms with Crippen molar-refractivity contribution in [3.8, 4) is 0 Å². The molecule has 1 rings (SSSR count). The lowest BCUT2D eigenvalue weighted by Gasteiger charge is -2.59. The molecule has 1 fully saturated rings. The fourth-order valence-corrected chi connectivity index (χ4v) is 8.31. The maximum atomic E-state index is 6.29. The van der Waals surface area contributed by atoms with Crippen molar-refractivity contribution in [2.24, 2.45) is 5.41 Å². The summed E-state index contributed by atoms with van der Waals surface area (Å²) in [6.45, 7) is 13.5. The second-order valence-electron chi connectivity index (χ2n) is 5.48. The smallest absolute Gasteiger partial charge is 0.371 e. The topological polar surface area (TPSA) is 36.9 Å². The first-order valence-electron chi connectivity index (χ1n) is 7.98. The van der Waals surface area contributed by atoms with Gasteiger partial charge >= 0.3 is 8.56 Å². The second kappa shape index (κ2) is 7.36. The maximum Gasteiger partial charge on any atom is 0.371 e. The van der Waals surface area contributed by atoms with Gasteiger partial charge in [-0.25, -0.2) is 0 Å². The van der Waals surface area contributed by atoms with Crippen LogP contribution in [0.3, 0.4) is 0 Å². The Labute approximate surface area is 125 Å². The van der Waals surface area contributed by atoms with E-state index in [0.29, 0.717) is 13.2 Å². The maximum absolute atomic E-state index is 6.29. The van der Waals surface area contributed by atoms with E-state index in [0.717, 1.165) is 32.1 Å². The van der Waals surface area contributed by atoms with Gasteiger partial charge in [0.1, 0.15) is 5.22 Å². The van der Waals surface area contributed by atoms with E-state index in [4.69, 9.17) is 18.3 Å². The molecule has 1 unspecified atom stereocenters. The number of rotatable bonds is 10. The van der Waals surface area contributed by atoms with Crippen LogP contribution in [0.2, 0.25) is 6.04 Å². The highest BCUT2D eigenvalue weighted by molar-refractivity contribution is 6.70. The van der Waals surface area contributed by atoms with Crippen molar-refractivity contribution >= 4 is 8.56 Å². The van der Waals surface area contributed by atoms with Crippen LogP contribution in [-0.4, -0.2) is 47.3 Å². The summed E-state index contributed by atoms with van der Waals surface area (Å²) in [4.78, 5) is 0. The molecule has 20 heavy (non-hydrogen) atoms. The lowest BCUT2D eigenvalue weighted by atomic mass is 9.75. The summed E-state index contributed by atoms with van der Waals surface area (Å²) in [6, 6.07) is 0.901. The van der Waals surface area contributed by atoms with Crippen LogP contribution in [0, 0.1) is 5.41 Å². The van der Waals surface area contributed by atoms with Crippen molar-refractivity contribution in [1.29, 1.82) is 0 Å². The number of methoxy groups -OCH3 is 1. The van der Waals surface area contributed by atoms with Crippen LogP contribution in [-0.2, 0) is 18.3 Å². The molecule has 0 aromatic rings. The van der Waals surface area contributed by atoms with Gasteiger partial charge in [0.05, 0.1) is 13.2 Å². The first kappa shape index (κ1) is 18.1. The third kappa shape index (κ3) is 2.48. The fraction of sp³-hybridized carbons (Fsp3) is 1.00. The summed E-state index contributed by atoms with van der Waals surface area (Å²) in [5.41, 5.74) is 0.0308. The molecule has 0 saturated carbocycles.